The molecule has 9 heteroatoms. The number of carbonyl (C=O) groups excluding carboxylic acids is 1. The zero-order chi connectivity index (χ0) is 20.2. The predicted molar refractivity (Wildman–Crippen MR) is 108 cm³/mol. The molecule has 1 aliphatic heterocycles. The summed E-state index contributed by atoms with van der Waals surface area (Å²) in [6, 6.07) is 8.31. The Morgan fingerprint density at radius 2 is 1.90 bits per heavy atom. The highest BCUT2D eigenvalue weighted by Gasteiger charge is 2.22. The van der Waals surface area contributed by atoms with Crippen LogP contribution >= 0.6 is 11.6 Å². The van der Waals surface area contributed by atoms with Crippen LogP contribution in [0, 0.1) is 5.82 Å². The Balaban J connectivity index is 1.31. The summed E-state index contributed by atoms with van der Waals surface area (Å²) in [6.07, 6.45) is 5.97. The molecule has 0 spiro atoms. The van der Waals surface area contributed by atoms with Gasteiger partial charge in [0.1, 0.15) is 18.0 Å². The van der Waals surface area contributed by atoms with Crippen LogP contribution in [0.2, 0.25) is 5.02 Å². The van der Waals surface area contributed by atoms with Crippen molar-refractivity contribution in [2.45, 2.75) is 12.8 Å². The second-order valence-electron chi connectivity index (χ2n) is 6.80. The summed E-state index contributed by atoms with van der Waals surface area (Å²) in [7, 11) is 0. The Hall–Kier alpha value is -3.00. The molecule has 2 aromatic heterocycles. The minimum absolute atomic E-state index is 0.0860. The molecule has 1 aliphatic rings. The highest BCUT2D eigenvalue weighted by atomic mass is 35.5. The number of piperazine rings is 1. The lowest BCUT2D eigenvalue weighted by Crippen LogP contribution is -2.49. The van der Waals surface area contributed by atoms with E-state index in [9.17, 15) is 9.18 Å². The van der Waals surface area contributed by atoms with Crippen molar-refractivity contribution in [3.63, 3.8) is 0 Å². The first-order valence-electron chi connectivity index (χ1n) is 9.39. The smallest absolute Gasteiger partial charge is 0.223 e. The van der Waals surface area contributed by atoms with Gasteiger partial charge in [-0.3, -0.25) is 4.79 Å². The molecule has 3 aromatic rings. The summed E-state index contributed by atoms with van der Waals surface area (Å²) < 4.78 is 14.9. The van der Waals surface area contributed by atoms with Crippen LogP contribution < -0.4 is 4.90 Å². The van der Waals surface area contributed by atoms with Crippen molar-refractivity contribution in [2.75, 3.05) is 31.1 Å². The van der Waals surface area contributed by atoms with Gasteiger partial charge in [-0.05, 0) is 30.2 Å². The average Bonchev–Trinajstić information content (AvgIpc) is 3.30. The topological polar surface area (TPSA) is 67.2 Å². The number of hydrogen-bond donors (Lipinski definition) is 0. The van der Waals surface area contributed by atoms with Crippen molar-refractivity contribution in [3.05, 3.63) is 65.5 Å². The molecule has 0 unspecified atom stereocenters. The monoisotopic (exact) mass is 414 g/mol. The normalized spacial score (nSPS) is 14.3. The van der Waals surface area contributed by atoms with E-state index in [-0.39, 0.29) is 10.9 Å². The molecular formula is C20H20ClFN6O. The summed E-state index contributed by atoms with van der Waals surface area (Å²) in [4.78, 5) is 25.1. The standard InChI is InChI=1S/C20H20ClFN6O/c21-16-12-15(2-4-17(16)22)3-5-20(29)27-10-8-26(9-11-27)18-13-19(24-14-23-18)28-7-1-6-25-28/h1-2,4,6-7,12-14H,3,5,8-11H2. The number of benzene rings is 1. The van der Waals surface area contributed by atoms with E-state index in [0.29, 0.717) is 44.8 Å². The van der Waals surface area contributed by atoms with E-state index < -0.39 is 5.82 Å². The van der Waals surface area contributed by atoms with Crippen molar-refractivity contribution in [1.82, 2.24) is 24.6 Å². The number of halogens is 2. The molecule has 0 aliphatic carbocycles. The number of hydrogen-bond acceptors (Lipinski definition) is 5. The minimum Gasteiger partial charge on any atom is -0.353 e. The Morgan fingerprint density at radius 3 is 2.62 bits per heavy atom. The highest BCUT2D eigenvalue weighted by molar-refractivity contribution is 6.30. The number of anilines is 1. The van der Waals surface area contributed by atoms with Gasteiger partial charge in [0, 0.05) is 51.1 Å². The Bertz CT molecular complexity index is 988. The maximum absolute atomic E-state index is 13.2. The number of rotatable bonds is 5. The van der Waals surface area contributed by atoms with E-state index in [1.54, 1.807) is 23.0 Å². The summed E-state index contributed by atoms with van der Waals surface area (Å²) in [5.41, 5.74) is 0.857. The molecule has 7 nitrogen and oxygen atoms in total. The van der Waals surface area contributed by atoms with Gasteiger partial charge >= 0.3 is 0 Å². The van der Waals surface area contributed by atoms with Crippen LogP contribution in [-0.2, 0) is 11.2 Å². The predicted octanol–water partition coefficient (Wildman–Crippen LogP) is 2.74. The van der Waals surface area contributed by atoms with Crippen LogP contribution in [0.1, 0.15) is 12.0 Å². The molecule has 150 valence electrons. The van der Waals surface area contributed by atoms with Gasteiger partial charge in [-0.1, -0.05) is 17.7 Å². The Morgan fingerprint density at radius 1 is 1.10 bits per heavy atom. The number of amides is 1. The number of aromatic nitrogens is 4. The fraction of sp³-hybridized carbons (Fsp3) is 0.300. The summed E-state index contributed by atoms with van der Waals surface area (Å²) in [5.74, 6) is 1.17. The van der Waals surface area contributed by atoms with Crippen molar-refractivity contribution < 1.29 is 9.18 Å². The molecule has 3 heterocycles. The third-order valence-electron chi connectivity index (χ3n) is 4.95. The number of carbonyl (C=O) groups is 1. The Labute approximate surface area is 172 Å². The minimum atomic E-state index is -0.446. The van der Waals surface area contributed by atoms with Crippen molar-refractivity contribution >= 4 is 23.3 Å². The second-order valence-corrected chi connectivity index (χ2v) is 7.21. The van der Waals surface area contributed by atoms with Gasteiger partial charge in [-0.25, -0.2) is 19.0 Å². The van der Waals surface area contributed by atoms with E-state index in [1.807, 2.05) is 23.2 Å². The average molecular weight is 415 g/mol. The SMILES string of the molecule is O=C(CCc1ccc(F)c(Cl)c1)N1CCN(c2cc(-n3cccn3)ncn2)CC1. The second kappa shape index (κ2) is 8.57. The Kier molecular flexibility index (Phi) is 5.71. The third-order valence-corrected chi connectivity index (χ3v) is 5.23. The zero-order valence-corrected chi connectivity index (χ0v) is 16.5. The quantitative estimate of drug-likeness (QED) is 0.642. The van der Waals surface area contributed by atoms with Crippen molar-refractivity contribution in [3.8, 4) is 5.82 Å². The van der Waals surface area contributed by atoms with E-state index in [0.717, 1.165) is 11.4 Å². The van der Waals surface area contributed by atoms with Crippen LogP contribution in [0.25, 0.3) is 5.82 Å². The van der Waals surface area contributed by atoms with Gasteiger partial charge in [0.05, 0.1) is 5.02 Å². The largest absolute Gasteiger partial charge is 0.353 e. The van der Waals surface area contributed by atoms with Gasteiger partial charge in [0.2, 0.25) is 5.91 Å². The lowest BCUT2D eigenvalue weighted by Gasteiger charge is -2.35. The molecule has 0 N–H and O–H groups in total. The molecule has 29 heavy (non-hydrogen) atoms. The van der Waals surface area contributed by atoms with Gasteiger partial charge in [0.15, 0.2) is 5.82 Å². The lowest BCUT2D eigenvalue weighted by molar-refractivity contribution is -0.131. The van der Waals surface area contributed by atoms with Crippen LogP contribution in [0.4, 0.5) is 10.2 Å². The molecule has 1 aromatic carbocycles. The van der Waals surface area contributed by atoms with E-state index in [1.165, 1.54) is 12.4 Å². The molecule has 1 amide bonds. The third kappa shape index (κ3) is 4.54. The first kappa shape index (κ1) is 19.3. The molecule has 0 bridgehead atoms. The summed E-state index contributed by atoms with van der Waals surface area (Å²) >= 11 is 5.80. The first-order chi connectivity index (χ1) is 14.1. The fourth-order valence-electron chi connectivity index (χ4n) is 3.33. The maximum atomic E-state index is 13.2. The van der Waals surface area contributed by atoms with Crippen molar-refractivity contribution in [1.29, 1.82) is 0 Å². The van der Waals surface area contributed by atoms with Gasteiger partial charge in [-0.15, -0.1) is 0 Å². The van der Waals surface area contributed by atoms with Crippen LogP contribution in [0.15, 0.2) is 49.1 Å². The number of nitrogens with zero attached hydrogens (tertiary/aromatic N) is 6. The maximum Gasteiger partial charge on any atom is 0.223 e. The van der Waals surface area contributed by atoms with Gasteiger partial charge in [-0.2, -0.15) is 5.10 Å². The summed E-state index contributed by atoms with van der Waals surface area (Å²) in [5, 5.41) is 4.28. The van der Waals surface area contributed by atoms with Gasteiger partial charge in [0.25, 0.3) is 0 Å². The molecule has 4 rings (SSSR count). The zero-order valence-electron chi connectivity index (χ0n) is 15.7. The molecule has 0 atom stereocenters. The van der Waals surface area contributed by atoms with E-state index in [4.69, 9.17) is 11.6 Å². The van der Waals surface area contributed by atoms with Crippen LogP contribution in [0.3, 0.4) is 0 Å². The number of aryl methyl sites for hydroxylation is 1. The molecule has 1 fully saturated rings. The fourth-order valence-corrected chi connectivity index (χ4v) is 3.53. The van der Waals surface area contributed by atoms with E-state index in [2.05, 4.69) is 20.0 Å². The molecule has 1 saturated heterocycles. The van der Waals surface area contributed by atoms with E-state index >= 15 is 0 Å². The van der Waals surface area contributed by atoms with Crippen molar-refractivity contribution in [2.24, 2.45) is 0 Å². The molecule has 0 radical (unpaired) electrons. The molecule has 0 saturated carbocycles. The highest BCUT2D eigenvalue weighted by Crippen LogP contribution is 2.19. The summed E-state index contributed by atoms with van der Waals surface area (Å²) in [6.45, 7) is 2.65. The first-order valence-corrected chi connectivity index (χ1v) is 9.76. The lowest BCUT2D eigenvalue weighted by atomic mass is 10.1. The van der Waals surface area contributed by atoms with Crippen LogP contribution in [-0.4, -0.2) is 56.7 Å². The van der Waals surface area contributed by atoms with Gasteiger partial charge < -0.3 is 9.80 Å². The molecular weight excluding hydrogens is 395 g/mol. The van der Waals surface area contributed by atoms with Crippen LogP contribution in [0.5, 0.6) is 0 Å².